The van der Waals surface area contributed by atoms with Crippen molar-refractivity contribution >= 4 is 5.91 Å². The van der Waals surface area contributed by atoms with E-state index in [4.69, 9.17) is 0 Å². The Morgan fingerprint density at radius 3 is 2.74 bits per heavy atom. The van der Waals surface area contributed by atoms with Gasteiger partial charge < -0.3 is 9.47 Å². The second kappa shape index (κ2) is 5.71. The van der Waals surface area contributed by atoms with Crippen LogP contribution in [-0.2, 0) is 18.4 Å². The fourth-order valence-electron chi connectivity index (χ4n) is 2.39. The van der Waals surface area contributed by atoms with Gasteiger partial charge in [-0.2, -0.15) is 0 Å². The number of nitrogens with zero attached hydrogens (tertiary/aromatic N) is 5. The van der Waals surface area contributed by atoms with Crippen molar-refractivity contribution < 1.29 is 4.79 Å². The van der Waals surface area contributed by atoms with Gasteiger partial charge in [0, 0.05) is 53.2 Å². The molecular formula is C13H23N5O. The van der Waals surface area contributed by atoms with Crippen LogP contribution >= 0.6 is 0 Å². The van der Waals surface area contributed by atoms with Gasteiger partial charge >= 0.3 is 0 Å². The molecule has 1 aromatic rings. The minimum atomic E-state index is -0.0518. The number of amides is 1. The first-order valence-electron chi connectivity index (χ1n) is 6.59. The largest absolute Gasteiger partial charge is 0.347 e. The van der Waals surface area contributed by atoms with E-state index in [1.807, 2.05) is 45.2 Å². The molecule has 1 fully saturated rings. The third kappa shape index (κ3) is 3.13. The van der Waals surface area contributed by atoms with Crippen LogP contribution in [0.2, 0.25) is 0 Å². The normalized spacial score (nSPS) is 21.6. The smallest absolute Gasteiger partial charge is 0.240 e. The van der Waals surface area contributed by atoms with Crippen molar-refractivity contribution in [2.75, 3.05) is 40.8 Å². The average molecular weight is 265 g/mol. The summed E-state index contributed by atoms with van der Waals surface area (Å²) in [5.41, 5.74) is 0. The highest BCUT2D eigenvalue weighted by Crippen LogP contribution is 2.12. The number of aryl methyl sites for hydroxylation is 1. The Morgan fingerprint density at radius 2 is 2.16 bits per heavy atom. The van der Waals surface area contributed by atoms with Gasteiger partial charge in [0.25, 0.3) is 0 Å². The zero-order valence-corrected chi connectivity index (χ0v) is 12.2. The molecule has 1 amide bonds. The molecule has 0 N–H and O–H groups in total. The standard InChI is InChI=1S/C13H23N5O/c1-15(2)13(19)11-9-18(8-7-16(11)3)10-12-14-5-6-17(12)4/h5-6,11H,7-10H2,1-4H3. The van der Waals surface area contributed by atoms with E-state index in [9.17, 15) is 4.79 Å². The number of rotatable bonds is 3. The van der Waals surface area contributed by atoms with Gasteiger partial charge in [0.2, 0.25) is 5.91 Å². The summed E-state index contributed by atoms with van der Waals surface area (Å²) >= 11 is 0. The summed E-state index contributed by atoms with van der Waals surface area (Å²) < 4.78 is 2.03. The predicted molar refractivity (Wildman–Crippen MR) is 73.6 cm³/mol. The number of hydrogen-bond acceptors (Lipinski definition) is 4. The van der Waals surface area contributed by atoms with Gasteiger partial charge in [-0.3, -0.25) is 14.6 Å². The quantitative estimate of drug-likeness (QED) is 0.748. The van der Waals surface area contributed by atoms with Gasteiger partial charge in [0.15, 0.2) is 0 Å². The Bertz CT molecular complexity index is 442. The minimum Gasteiger partial charge on any atom is -0.347 e. The van der Waals surface area contributed by atoms with E-state index >= 15 is 0 Å². The number of aromatic nitrogens is 2. The predicted octanol–water partition coefficient (Wildman–Crippen LogP) is -0.376. The average Bonchev–Trinajstić information content (AvgIpc) is 2.76. The van der Waals surface area contributed by atoms with Crippen LogP contribution in [0, 0.1) is 0 Å². The molecule has 2 rings (SSSR count). The maximum absolute atomic E-state index is 12.2. The maximum Gasteiger partial charge on any atom is 0.240 e. The van der Waals surface area contributed by atoms with Crippen LogP contribution < -0.4 is 0 Å². The fourth-order valence-corrected chi connectivity index (χ4v) is 2.39. The monoisotopic (exact) mass is 265 g/mol. The summed E-state index contributed by atoms with van der Waals surface area (Å²) in [6.45, 7) is 3.45. The highest BCUT2D eigenvalue weighted by molar-refractivity contribution is 5.81. The topological polar surface area (TPSA) is 44.6 Å². The van der Waals surface area contributed by atoms with E-state index in [0.717, 1.165) is 32.0 Å². The summed E-state index contributed by atoms with van der Waals surface area (Å²) in [6, 6.07) is -0.0518. The lowest BCUT2D eigenvalue weighted by atomic mass is 10.1. The molecule has 0 aliphatic carbocycles. The first-order valence-corrected chi connectivity index (χ1v) is 6.59. The van der Waals surface area contributed by atoms with Crippen LogP contribution in [-0.4, -0.2) is 77.0 Å². The molecule has 2 heterocycles. The number of carbonyl (C=O) groups is 1. The lowest BCUT2D eigenvalue weighted by Crippen LogP contribution is -2.57. The molecule has 6 nitrogen and oxygen atoms in total. The fraction of sp³-hybridized carbons (Fsp3) is 0.692. The summed E-state index contributed by atoms with van der Waals surface area (Å²) in [6.07, 6.45) is 3.77. The Kier molecular flexibility index (Phi) is 4.21. The second-order valence-electron chi connectivity index (χ2n) is 5.42. The highest BCUT2D eigenvalue weighted by Gasteiger charge is 2.31. The van der Waals surface area contributed by atoms with Crippen molar-refractivity contribution in [1.82, 2.24) is 24.3 Å². The Morgan fingerprint density at radius 1 is 1.42 bits per heavy atom. The summed E-state index contributed by atoms with van der Waals surface area (Å²) in [5, 5.41) is 0. The molecule has 1 saturated heterocycles. The van der Waals surface area contributed by atoms with E-state index in [1.165, 1.54) is 0 Å². The number of piperazine rings is 1. The molecule has 19 heavy (non-hydrogen) atoms. The lowest BCUT2D eigenvalue weighted by Gasteiger charge is -2.39. The number of likely N-dealkylation sites (N-methyl/N-ethyl adjacent to an activating group) is 2. The number of carbonyl (C=O) groups excluding carboxylic acids is 1. The zero-order valence-electron chi connectivity index (χ0n) is 12.2. The number of hydrogen-bond donors (Lipinski definition) is 0. The van der Waals surface area contributed by atoms with Gasteiger partial charge in [-0.25, -0.2) is 4.98 Å². The maximum atomic E-state index is 12.2. The SMILES string of the molecule is CN(C)C(=O)C1CN(Cc2nccn2C)CCN1C. The van der Waals surface area contributed by atoms with Crippen molar-refractivity contribution in [2.45, 2.75) is 12.6 Å². The first kappa shape index (κ1) is 14.0. The summed E-state index contributed by atoms with van der Waals surface area (Å²) in [4.78, 5) is 22.6. The minimum absolute atomic E-state index is 0.0518. The summed E-state index contributed by atoms with van der Waals surface area (Å²) in [7, 11) is 7.65. The Labute approximate surface area is 114 Å². The molecule has 6 heteroatoms. The van der Waals surface area contributed by atoms with Gasteiger partial charge in [0.1, 0.15) is 11.9 Å². The highest BCUT2D eigenvalue weighted by atomic mass is 16.2. The molecule has 0 bridgehead atoms. The molecular weight excluding hydrogens is 242 g/mol. The van der Waals surface area contributed by atoms with Crippen molar-refractivity contribution in [3.63, 3.8) is 0 Å². The zero-order chi connectivity index (χ0) is 14.0. The van der Waals surface area contributed by atoms with Crippen LogP contribution in [0.3, 0.4) is 0 Å². The van der Waals surface area contributed by atoms with Gasteiger partial charge in [-0.1, -0.05) is 0 Å². The van der Waals surface area contributed by atoms with Gasteiger partial charge in [-0.05, 0) is 7.05 Å². The van der Waals surface area contributed by atoms with Crippen LogP contribution in [0.25, 0.3) is 0 Å². The molecule has 1 aliphatic rings. The molecule has 1 aromatic heterocycles. The van der Waals surface area contributed by atoms with Crippen molar-refractivity contribution in [3.05, 3.63) is 18.2 Å². The number of imidazole rings is 1. The van der Waals surface area contributed by atoms with Crippen LogP contribution in [0.4, 0.5) is 0 Å². The first-order chi connectivity index (χ1) is 8.99. The van der Waals surface area contributed by atoms with Crippen LogP contribution in [0.1, 0.15) is 5.82 Å². The molecule has 1 unspecified atom stereocenters. The molecule has 0 spiro atoms. The molecule has 1 atom stereocenters. The van der Waals surface area contributed by atoms with Gasteiger partial charge in [0.05, 0.1) is 6.54 Å². The Hall–Kier alpha value is -1.40. The van der Waals surface area contributed by atoms with E-state index in [-0.39, 0.29) is 11.9 Å². The van der Waals surface area contributed by atoms with Crippen molar-refractivity contribution in [1.29, 1.82) is 0 Å². The third-order valence-electron chi connectivity index (χ3n) is 3.74. The van der Waals surface area contributed by atoms with Crippen molar-refractivity contribution in [3.8, 4) is 0 Å². The third-order valence-corrected chi connectivity index (χ3v) is 3.74. The van der Waals surface area contributed by atoms with E-state index in [0.29, 0.717) is 0 Å². The molecule has 0 saturated carbocycles. The molecule has 1 aliphatic heterocycles. The van der Waals surface area contributed by atoms with Crippen LogP contribution in [0.5, 0.6) is 0 Å². The molecule has 106 valence electrons. The summed E-state index contributed by atoms with van der Waals surface area (Å²) in [5.74, 6) is 1.22. The van der Waals surface area contributed by atoms with Gasteiger partial charge in [-0.15, -0.1) is 0 Å². The lowest BCUT2D eigenvalue weighted by molar-refractivity contribution is -0.136. The molecule has 0 aromatic carbocycles. The van der Waals surface area contributed by atoms with E-state index in [2.05, 4.69) is 14.8 Å². The van der Waals surface area contributed by atoms with E-state index < -0.39 is 0 Å². The Balaban J connectivity index is 2.01. The second-order valence-corrected chi connectivity index (χ2v) is 5.42. The van der Waals surface area contributed by atoms with E-state index in [1.54, 1.807) is 4.90 Å². The van der Waals surface area contributed by atoms with Crippen molar-refractivity contribution in [2.24, 2.45) is 7.05 Å². The molecule has 0 radical (unpaired) electrons. The van der Waals surface area contributed by atoms with Crippen LogP contribution in [0.15, 0.2) is 12.4 Å².